The molecule has 1 N–H and O–H groups in total. The van der Waals surface area contributed by atoms with Crippen LogP contribution < -0.4 is 15.5 Å². The van der Waals surface area contributed by atoms with E-state index in [9.17, 15) is 10.2 Å². The molecular weight excluding hydrogens is 168 g/mol. The van der Waals surface area contributed by atoms with E-state index in [1.54, 1.807) is 24.3 Å². The molecule has 0 saturated carbocycles. The molecule has 0 spiro atoms. The van der Waals surface area contributed by atoms with Gasteiger partial charge >= 0.3 is 0 Å². The maximum atomic E-state index is 11.3. The molecule has 1 heterocycles. The molecule has 0 aliphatic carbocycles. The van der Waals surface area contributed by atoms with E-state index in [1.165, 1.54) is 0 Å². The van der Waals surface area contributed by atoms with Crippen LogP contribution in [-0.2, 0) is 0 Å². The Kier molecular flexibility index (Phi) is 1.66. The van der Waals surface area contributed by atoms with Crippen molar-refractivity contribution in [1.29, 1.82) is 0 Å². The van der Waals surface area contributed by atoms with Crippen LogP contribution in [0.15, 0.2) is 41.3 Å². The Hall–Kier alpha value is -1.97. The molecule has 0 saturated heterocycles. The molecular formula is C9H6N2O2-2. The van der Waals surface area contributed by atoms with Crippen LogP contribution in [0.3, 0.4) is 0 Å². The second-order valence-electron chi connectivity index (χ2n) is 2.60. The largest absolute Gasteiger partial charge is 0.859 e. The van der Waals surface area contributed by atoms with Crippen LogP contribution in [0.5, 0.6) is 0 Å². The number of fused-ring (bicyclic) bond motifs is 1. The summed E-state index contributed by atoms with van der Waals surface area (Å²) in [5.74, 6) is -0.771. The van der Waals surface area contributed by atoms with Gasteiger partial charge in [-0.25, -0.2) is 0 Å². The SMILES string of the molecule is [O-]C1=CN=C([O-])c2ccccc2N1. The molecule has 1 aromatic carbocycles. The number of aliphatic imine (C=N–C) groups is 1. The number of hydrogen-bond acceptors (Lipinski definition) is 4. The molecule has 1 aliphatic heterocycles. The summed E-state index contributed by atoms with van der Waals surface area (Å²) in [4.78, 5) is 3.47. The fraction of sp³-hybridized carbons (Fsp3) is 0. The van der Waals surface area contributed by atoms with Gasteiger partial charge in [-0.05, 0) is 17.8 Å². The van der Waals surface area contributed by atoms with E-state index in [0.717, 1.165) is 6.20 Å². The summed E-state index contributed by atoms with van der Waals surface area (Å²) in [5.41, 5.74) is 0.930. The van der Waals surface area contributed by atoms with Gasteiger partial charge in [0.15, 0.2) is 0 Å². The molecule has 0 unspecified atom stereocenters. The summed E-state index contributed by atoms with van der Waals surface area (Å²) in [6, 6.07) is 6.77. The van der Waals surface area contributed by atoms with Crippen molar-refractivity contribution >= 4 is 11.6 Å². The minimum Gasteiger partial charge on any atom is -0.859 e. The summed E-state index contributed by atoms with van der Waals surface area (Å²) in [7, 11) is 0. The zero-order chi connectivity index (χ0) is 9.26. The van der Waals surface area contributed by atoms with Gasteiger partial charge in [0.05, 0.1) is 0 Å². The Morgan fingerprint density at radius 1 is 1.15 bits per heavy atom. The average molecular weight is 174 g/mol. The van der Waals surface area contributed by atoms with E-state index in [-0.39, 0.29) is 5.88 Å². The number of nitrogens with zero attached hydrogens (tertiary/aromatic N) is 1. The van der Waals surface area contributed by atoms with Crippen LogP contribution in [0.2, 0.25) is 0 Å². The first-order valence-electron chi connectivity index (χ1n) is 3.76. The van der Waals surface area contributed by atoms with Gasteiger partial charge < -0.3 is 15.5 Å². The minimum atomic E-state index is -0.394. The summed E-state index contributed by atoms with van der Waals surface area (Å²) in [6.07, 6.45) is 0.988. The van der Waals surface area contributed by atoms with Crippen LogP contribution in [-0.4, -0.2) is 5.90 Å². The van der Waals surface area contributed by atoms with E-state index < -0.39 is 5.90 Å². The molecule has 0 amide bonds. The average Bonchev–Trinajstić information content (AvgIpc) is 2.27. The maximum absolute atomic E-state index is 11.3. The highest BCUT2D eigenvalue weighted by Gasteiger charge is 2.01. The smallest absolute Gasteiger partial charge is 0.0458 e. The molecule has 0 bridgehead atoms. The molecule has 1 aliphatic rings. The van der Waals surface area contributed by atoms with Crippen LogP contribution in [0.1, 0.15) is 5.56 Å². The van der Waals surface area contributed by atoms with Gasteiger partial charge in [-0.15, -0.1) is 0 Å². The number of hydrogen-bond donors (Lipinski definition) is 1. The second-order valence-corrected chi connectivity index (χ2v) is 2.60. The number of rotatable bonds is 0. The van der Waals surface area contributed by atoms with Crippen LogP contribution in [0, 0.1) is 0 Å². The second kappa shape index (κ2) is 2.82. The molecule has 0 fully saturated rings. The van der Waals surface area contributed by atoms with E-state index >= 15 is 0 Å². The van der Waals surface area contributed by atoms with Gasteiger partial charge in [0.25, 0.3) is 0 Å². The summed E-state index contributed by atoms with van der Waals surface area (Å²) in [5, 5.41) is 24.8. The number of anilines is 1. The molecule has 66 valence electrons. The van der Waals surface area contributed by atoms with Crippen molar-refractivity contribution in [3.63, 3.8) is 0 Å². The minimum absolute atomic E-state index is 0.377. The Bertz CT molecular complexity index is 396. The van der Waals surface area contributed by atoms with Gasteiger partial charge in [0.1, 0.15) is 0 Å². The maximum Gasteiger partial charge on any atom is 0.0458 e. The van der Waals surface area contributed by atoms with Crippen LogP contribution in [0.4, 0.5) is 5.69 Å². The van der Waals surface area contributed by atoms with E-state index in [4.69, 9.17) is 0 Å². The van der Waals surface area contributed by atoms with Crippen molar-refractivity contribution in [3.8, 4) is 0 Å². The predicted molar refractivity (Wildman–Crippen MR) is 44.7 cm³/mol. The normalized spacial score (nSPS) is 14.8. The molecule has 1 aromatic rings. The molecule has 4 nitrogen and oxygen atoms in total. The lowest BCUT2D eigenvalue weighted by atomic mass is 10.2. The Morgan fingerprint density at radius 3 is 2.77 bits per heavy atom. The first kappa shape index (κ1) is 7.67. The van der Waals surface area contributed by atoms with E-state index in [2.05, 4.69) is 10.3 Å². The molecule has 2 rings (SSSR count). The van der Waals surface area contributed by atoms with Gasteiger partial charge in [-0.1, -0.05) is 18.2 Å². The lowest BCUT2D eigenvalue weighted by molar-refractivity contribution is -0.299. The lowest BCUT2D eigenvalue weighted by Gasteiger charge is -2.15. The summed E-state index contributed by atoms with van der Waals surface area (Å²) in [6.45, 7) is 0. The third-order valence-corrected chi connectivity index (χ3v) is 1.71. The highest BCUT2D eigenvalue weighted by Crippen LogP contribution is 2.17. The van der Waals surface area contributed by atoms with Crippen molar-refractivity contribution in [3.05, 3.63) is 41.9 Å². The van der Waals surface area contributed by atoms with Crippen molar-refractivity contribution in [2.45, 2.75) is 0 Å². The first-order valence-corrected chi connectivity index (χ1v) is 3.76. The van der Waals surface area contributed by atoms with Crippen LogP contribution >= 0.6 is 0 Å². The van der Waals surface area contributed by atoms with E-state index in [1.807, 2.05) is 0 Å². The molecule has 0 aromatic heterocycles. The van der Waals surface area contributed by atoms with E-state index in [0.29, 0.717) is 11.3 Å². The highest BCUT2D eigenvalue weighted by atomic mass is 16.3. The van der Waals surface area contributed by atoms with Crippen molar-refractivity contribution < 1.29 is 10.2 Å². The van der Waals surface area contributed by atoms with Gasteiger partial charge in [0.2, 0.25) is 0 Å². The van der Waals surface area contributed by atoms with Crippen molar-refractivity contribution in [2.75, 3.05) is 5.32 Å². The quantitative estimate of drug-likeness (QED) is 0.569. The Morgan fingerprint density at radius 2 is 1.92 bits per heavy atom. The monoisotopic (exact) mass is 174 g/mol. The topological polar surface area (TPSA) is 70.5 Å². The molecule has 0 radical (unpaired) electrons. The third kappa shape index (κ3) is 1.33. The highest BCUT2D eigenvalue weighted by molar-refractivity contribution is 5.97. The third-order valence-electron chi connectivity index (χ3n) is 1.71. The molecule has 13 heavy (non-hydrogen) atoms. The Labute approximate surface area is 74.9 Å². The van der Waals surface area contributed by atoms with Gasteiger partial charge in [-0.3, -0.25) is 4.99 Å². The standard InChI is InChI=1S/C9H8N2O2/c12-8-5-10-9(13)6-3-1-2-4-7(6)11-8/h1-5,11-12H,(H,10,13)/p-2. The van der Waals surface area contributed by atoms with Crippen molar-refractivity contribution in [2.24, 2.45) is 4.99 Å². The summed E-state index contributed by atoms with van der Waals surface area (Å²) < 4.78 is 0. The molecule has 4 heteroatoms. The molecule has 0 atom stereocenters. The number of nitrogens with one attached hydrogen (secondary N) is 1. The zero-order valence-electron chi connectivity index (χ0n) is 6.65. The number of benzene rings is 1. The first-order chi connectivity index (χ1) is 6.27. The van der Waals surface area contributed by atoms with Crippen LogP contribution in [0.25, 0.3) is 0 Å². The fourth-order valence-electron chi connectivity index (χ4n) is 1.13. The zero-order valence-corrected chi connectivity index (χ0v) is 6.65. The van der Waals surface area contributed by atoms with Crippen molar-refractivity contribution in [1.82, 2.24) is 0 Å². The fourth-order valence-corrected chi connectivity index (χ4v) is 1.13. The lowest BCUT2D eigenvalue weighted by Crippen LogP contribution is -2.19. The van der Waals surface area contributed by atoms with Gasteiger partial charge in [0, 0.05) is 17.5 Å². The predicted octanol–water partition coefficient (Wildman–Crippen LogP) is -0.622. The Balaban J connectivity index is 2.57. The van der Waals surface area contributed by atoms with Gasteiger partial charge in [-0.2, -0.15) is 0 Å². The summed E-state index contributed by atoms with van der Waals surface area (Å²) >= 11 is 0. The number of para-hydroxylation sites is 1.